The molecule has 0 saturated carbocycles. The van der Waals surface area contributed by atoms with Crippen LogP contribution in [0.1, 0.15) is 85.0 Å². The van der Waals surface area contributed by atoms with E-state index in [4.69, 9.17) is 0 Å². The molecule has 2 atom stereocenters. The molecule has 2 unspecified atom stereocenters. The fourth-order valence-electron chi connectivity index (χ4n) is 2.26. The Labute approximate surface area is 102 Å². The summed E-state index contributed by atoms with van der Waals surface area (Å²) in [5.74, 6) is 0.325. The molecule has 0 rings (SSSR count). The van der Waals surface area contributed by atoms with Crippen molar-refractivity contribution in [1.82, 2.24) is 0 Å². The summed E-state index contributed by atoms with van der Waals surface area (Å²) >= 11 is 0. The molecule has 1 heteroatoms. The Bertz CT molecular complexity index is 131. The van der Waals surface area contributed by atoms with Crippen molar-refractivity contribution < 1.29 is 4.39 Å². The van der Waals surface area contributed by atoms with Gasteiger partial charge in [0.25, 0.3) is 0 Å². The van der Waals surface area contributed by atoms with Crippen LogP contribution in [0.2, 0.25) is 0 Å². The van der Waals surface area contributed by atoms with Gasteiger partial charge in [0.1, 0.15) is 6.17 Å². The predicted molar refractivity (Wildman–Crippen MR) is 71.6 cm³/mol. The summed E-state index contributed by atoms with van der Waals surface area (Å²) in [5, 5.41) is 0. The Morgan fingerprint density at radius 1 is 0.750 bits per heavy atom. The second-order valence-corrected chi connectivity index (χ2v) is 5.14. The summed E-state index contributed by atoms with van der Waals surface area (Å²) in [7, 11) is 0. The fourth-order valence-corrected chi connectivity index (χ4v) is 2.26. The molecule has 0 aromatic heterocycles. The molecule has 0 saturated heterocycles. The molecule has 98 valence electrons. The average Bonchev–Trinajstić information content (AvgIpc) is 2.26. The monoisotopic (exact) mass is 230 g/mol. The van der Waals surface area contributed by atoms with Gasteiger partial charge in [-0.2, -0.15) is 0 Å². The van der Waals surface area contributed by atoms with Gasteiger partial charge in [-0.15, -0.1) is 0 Å². The number of hydrogen-bond donors (Lipinski definition) is 0. The topological polar surface area (TPSA) is 0 Å². The highest BCUT2D eigenvalue weighted by atomic mass is 19.1. The van der Waals surface area contributed by atoms with Crippen molar-refractivity contribution in [1.29, 1.82) is 0 Å². The van der Waals surface area contributed by atoms with E-state index >= 15 is 0 Å². The molecule has 0 spiro atoms. The van der Waals surface area contributed by atoms with E-state index in [2.05, 4.69) is 13.8 Å². The van der Waals surface area contributed by atoms with Gasteiger partial charge >= 0.3 is 0 Å². The molecule has 0 bridgehead atoms. The first-order valence-corrected chi connectivity index (χ1v) is 7.36. The lowest BCUT2D eigenvalue weighted by molar-refractivity contribution is 0.217. The first-order valence-electron chi connectivity index (χ1n) is 7.36. The number of rotatable bonds is 11. The zero-order valence-corrected chi connectivity index (χ0v) is 11.6. The molecule has 0 amide bonds. The lowest BCUT2D eigenvalue weighted by Crippen LogP contribution is -2.12. The molecule has 0 fully saturated rings. The first-order chi connectivity index (χ1) is 7.72. The van der Waals surface area contributed by atoms with Gasteiger partial charge in [0.2, 0.25) is 0 Å². The van der Waals surface area contributed by atoms with Crippen molar-refractivity contribution in [3.8, 4) is 0 Å². The third kappa shape index (κ3) is 9.18. The molecule has 0 aromatic rings. The van der Waals surface area contributed by atoms with E-state index in [9.17, 15) is 4.39 Å². The lowest BCUT2D eigenvalue weighted by Gasteiger charge is -2.17. The Balaban J connectivity index is 3.44. The van der Waals surface area contributed by atoms with Crippen molar-refractivity contribution in [2.45, 2.75) is 91.2 Å². The SMILES string of the molecule is CCCCCCCCC(CCCC)C(C)F. The third-order valence-corrected chi connectivity index (χ3v) is 3.51. The van der Waals surface area contributed by atoms with Gasteiger partial charge < -0.3 is 0 Å². The van der Waals surface area contributed by atoms with Gasteiger partial charge in [-0.1, -0.05) is 65.2 Å². The van der Waals surface area contributed by atoms with Crippen LogP contribution in [0.3, 0.4) is 0 Å². The van der Waals surface area contributed by atoms with E-state index in [1.165, 1.54) is 51.4 Å². The standard InChI is InChI=1S/C15H31F/c1-4-6-8-9-10-11-13-15(14(3)16)12-7-5-2/h14-15H,4-13H2,1-3H3. The van der Waals surface area contributed by atoms with Crippen LogP contribution in [0.15, 0.2) is 0 Å². The molecule has 0 aliphatic carbocycles. The molecule has 0 radical (unpaired) electrons. The van der Waals surface area contributed by atoms with E-state index in [0.717, 1.165) is 12.8 Å². The second-order valence-electron chi connectivity index (χ2n) is 5.14. The molecule has 0 aliphatic rings. The largest absolute Gasteiger partial charge is 0.247 e. The number of unbranched alkanes of at least 4 members (excludes halogenated alkanes) is 6. The molecule has 16 heavy (non-hydrogen) atoms. The van der Waals surface area contributed by atoms with Gasteiger partial charge in [-0.3, -0.25) is 0 Å². The minimum absolute atomic E-state index is 0.325. The Kier molecular flexibility index (Phi) is 11.4. The summed E-state index contributed by atoms with van der Waals surface area (Å²) in [5.41, 5.74) is 0. The van der Waals surface area contributed by atoms with E-state index in [0.29, 0.717) is 5.92 Å². The van der Waals surface area contributed by atoms with Gasteiger partial charge in [-0.05, 0) is 25.7 Å². The summed E-state index contributed by atoms with van der Waals surface area (Å²) in [4.78, 5) is 0. The van der Waals surface area contributed by atoms with Gasteiger partial charge in [0, 0.05) is 0 Å². The molecular formula is C15H31F. The summed E-state index contributed by atoms with van der Waals surface area (Å²) in [6.45, 7) is 6.16. The summed E-state index contributed by atoms with van der Waals surface area (Å²) in [6, 6.07) is 0. The predicted octanol–water partition coefficient (Wildman–Crippen LogP) is 5.90. The maximum atomic E-state index is 13.3. The highest BCUT2D eigenvalue weighted by molar-refractivity contribution is 4.65. The average molecular weight is 230 g/mol. The summed E-state index contributed by atoms with van der Waals surface area (Å²) in [6.07, 6.45) is 11.9. The van der Waals surface area contributed by atoms with E-state index in [-0.39, 0.29) is 0 Å². The maximum absolute atomic E-state index is 13.3. The van der Waals surface area contributed by atoms with E-state index < -0.39 is 6.17 Å². The maximum Gasteiger partial charge on any atom is 0.100 e. The Morgan fingerprint density at radius 3 is 1.81 bits per heavy atom. The van der Waals surface area contributed by atoms with Crippen LogP contribution in [-0.4, -0.2) is 6.17 Å². The molecule has 0 aromatic carbocycles. The molecule has 0 aliphatic heterocycles. The molecular weight excluding hydrogens is 199 g/mol. The quantitative estimate of drug-likeness (QED) is 0.387. The van der Waals surface area contributed by atoms with Crippen LogP contribution < -0.4 is 0 Å². The Hall–Kier alpha value is -0.0700. The molecule has 0 N–H and O–H groups in total. The minimum atomic E-state index is -0.609. The van der Waals surface area contributed by atoms with Gasteiger partial charge in [0.15, 0.2) is 0 Å². The van der Waals surface area contributed by atoms with Gasteiger partial charge in [0.05, 0.1) is 0 Å². The van der Waals surface area contributed by atoms with Crippen LogP contribution in [0.5, 0.6) is 0 Å². The van der Waals surface area contributed by atoms with Crippen LogP contribution in [0.25, 0.3) is 0 Å². The summed E-state index contributed by atoms with van der Waals surface area (Å²) < 4.78 is 13.3. The highest BCUT2D eigenvalue weighted by Crippen LogP contribution is 2.22. The van der Waals surface area contributed by atoms with Crippen molar-refractivity contribution in [3.63, 3.8) is 0 Å². The smallest absolute Gasteiger partial charge is 0.100 e. The first kappa shape index (κ1) is 15.9. The van der Waals surface area contributed by atoms with Gasteiger partial charge in [-0.25, -0.2) is 4.39 Å². The molecule has 0 heterocycles. The lowest BCUT2D eigenvalue weighted by atomic mass is 9.92. The zero-order chi connectivity index (χ0) is 12.2. The molecule has 0 nitrogen and oxygen atoms in total. The number of hydrogen-bond acceptors (Lipinski definition) is 0. The Morgan fingerprint density at radius 2 is 1.25 bits per heavy atom. The fraction of sp³-hybridized carbons (Fsp3) is 1.00. The normalized spacial score (nSPS) is 15.0. The zero-order valence-electron chi connectivity index (χ0n) is 11.6. The number of halogens is 1. The van der Waals surface area contributed by atoms with Crippen molar-refractivity contribution >= 4 is 0 Å². The van der Waals surface area contributed by atoms with Crippen molar-refractivity contribution in [2.24, 2.45) is 5.92 Å². The second kappa shape index (κ2) is 11.4. The van der Waals surface area contributed by atoms with Crippen LogP contribution in [-0.2, 0) is 0 Å². The third-order valence-electron chi connectivity index (χ3n) is 3.51. The highest BCUT2D eigenvalue weighted by Gasteiger charge is 2.15. The number of alkyl halides is 1. The van der Waals surface area contributed by atoms with E-state index in [1.54, 1.807) is 6.92 Å². The van der Waals surface area contributed by atoms with Crippen LogP contribution in [0.4, 0.5) is 4.39 Å². The van der Waals surface area contributed by atoms with Crippen LogP contribution in [0, 0.1) is 5.92 Å². The van der Waals surface area contributed by atoms with Crippen LogP contribution >= 0.6 is 0 Å². The van der Waals surface area contributed by atoms with Crippen molar-refractivity contribution in [3.05, 3.63) is 0 Å². The van der Waals surface area contributed by atoms with E-state index in [1.807, 2.05) is 0 Å². The van der Waals surface area contributed by atoms with Crippen molar-refractivity contribution in [2.75, 3.05) is 0 Å². The minimum Gasteiger partial charge on any atom is -0.247 e.